The second kappa shape index (κ2) is 11.0. The number of nitrogens with zero attached hydrogens (tertiary/aromatic N) is 1. The van der Waals surface area contributed by atoms with Crippen LogP contribution in [0.4, 0.5) is 8.78 Å². The zero-order valence-electron chi connectivity index (χ0n) is 19.8. The molecule has 186 valence electrons. The second-order valence-corrected chi connectivity index (χ2v) is 9.46. The Balaban J connectivity index is 1.36. The number of ether oxygens (including phenoxy) is 1. The van der Waals surface area contributed by atoms with Gasteiger partial charge in [0.15, 0.2) is 11.6 Å². The predicted octanol–water partition coefficient (Wildman–Crippen LogP) is 4.18. The average Bonchev–Trinajstić information content (AvgIpc) is 3.59. The van der Waals surface area contributed by atoms with Crippen molar-refractivity contribution in [2.24, 2.45) is 5.92 Å². The number of halogens is 2. The zero-order chi connectivity index (χ0) is 24.9. The fraction of sp³-hybridized carbons (Fsp3) is 0.444. The lowest BCUT2D eigenvalue weighted by Gasteiger charge is -2.26. The van der Waals surface area contributed by atoms with Crippen molar-refractivity contribution in [2.45, 2.75) is 70.7 Å². The van der Waals surface area contributed by atoms with Crippen LogP contribution in [0.2, 0.25) is 0 Å². The number of benzene rings is 2. The van der Waals surface area contributed by atoms with E-state index in [9.17, 15) is 23.2 Å². The molecule has 1 saturated heterocycles. The summed E-state index contributed by atoms with van der Waals surface area (Å²) in [6.07, 6.45) is 3.20. The molecular formula is C27H30F2N2O4. The van der Waals surface area contributed by atoms with Gasteiger partial charge >= 0.3 is 5.97 Å². The predicted molar refractivity (Wildman–Crippen MR) is 125 cm³/mol. The molecule has 1 saturated carbocycles. The van der Waals surface area contributed by atoms with Crippen molar-refractivity contribution in [1.29, 1.82) is 0 Å². The third-order valence-corrected chi connectivity index (χ3v) is 6.76. The summed E-state index contributed by atoms with van der Waals surface area (Å²) < 4.78 is 33.2. The summed E-state index contributed by atoms with van der Waals surface area (Å²) in [5.41, 5.74) is 1.99. The van der Waals surface area contributed by atoms with Crippen LogP contribution in [0.3, 0.4) is 0 Å². The molecule has 4 rings (SSSR count). The van der Waals surface area contributed by atoms with Gasteiger partial charge < -0.3 is 15.0 Å². The van der Waals surface area contributed by atoms with Gasteiger partial charge in [0.25, 0.3) is 0 Å². The van der Waals surface area contributed by atoms with Crippen molar-refractivity contribution in [3.8, 4) is 0 Å². The quantitative estimate of drug-likeness (QED) is 0.514. The van der Waals surface area contributed by atoms with Crippen LogP contribution < -0.4 is 5.32 Å². The van der Waals surface area contributed by atoms with E-state index in [1.807, 2.05) is 31.2 Å². The van der Waals surface area contributed by atoms with Crippen LogP contribution in [0.1, 0.15) is 55.2 Å². The maximum absolute atomic E-state index is 14.1. The van der Waals surface area contributed by atoms with Crippen molar-refractivity contribution in [1.82, 2.24) is 10.2 Å². The van der Waals surface area contributed by atoms with Gasteiger partial charge in [0.05, 0.1) is 0 Å². The molecule has 2 aromatic rings. The van der Waals surface area contributed by atoms with Crippen LogP contribution in [-0.2, 0) is 32.3 Å². The Hall–Kier alpha value is -3.29. The lowest BCUT2D eigenvalue weighted by molar-refractivity contribution is -0.149. The number of rotatable bonds is 10. The average molecular weight is 485 g/mol. The highest BCUT2D eigenvalue weighted by atomic mass is 19.2. The highest BCUT2D eigenvalue weighted by Gasteiger charge is 2.35. The first-order chi connectivity index (χ1) is 16.8. The van der Waals surface area contributed by atoms with Gasteiger partial charge in [-0.15, -0.1) is 0 Å². The summed E-state index contributed by atoms with van der Waals surface area (Å²) in [6.45, 7) is 1.97. The minimum Gasteiger partial charge on any atom is -0.459 e. The van der Waals surface area contributed by atoms with E-state index < -0.39 is 29.7 Å². The van der Waals surface area contributed by atoms with E-state index in [0.29, 0.717) is 18.8 Å². The Morgan fingerprint density at radius 3 is 2.57 bits per heavy atom. The molecule has 1 aliphatic carbocycles. The molecule has 1 heterocycles. The zero-order valence-corrected chi connectivity index (χ0v) is 19.8. The number of esters is 1. The minimum atomic E-state index is -0.990. The number of nitrogens with one attached hydrogen (secondary N) is 1. The Labute approximate surface area is 203 Å². The number of amides is 2. The van der Waals surface area contributed by atoms with Gasteiger partial charge in [-0.3, -0.25) is 9.59 Å². The third-order valence-electron chi connectivity index (χ3n) is 6.76. The van der Waals surface area contributed by atoms with Crippen molar-refractivity contribution >= 4 is 17.8 Å². The monoisotopic (exact) mass is 484 g/mol. The number of aryl methyl sites for hydroxylation is 1. The summed E-state index contributed by atoms with van der Waals surface area (Å²) in [4.78, 5) is 39.5. The fourth-order valence-electron chi connectivity index (χ4n) is 4.47. The molecule has 2 fully saturated rings. The van der Waals surface area contributed by atoms with Crippen molar-refractivity contribution in [3.63, 3.8) is 0 Å². The topological polar surface area (TPSA) is 75.7 Å². The molecular weight excluding hydrogens is 454 g/mol. The summed E-state index contributed by atoms with van der Waals surface area (Å²) in [7, 11) is 0. The van der Waals surface area contributed by atoms with Crippen molar-refractivity contribution in [2.75, 3.05) is 0 Å². The highest BCUT2D eigenvalue weighted by molar-refractivity contribution is 5.86. The molecule has 2 aliphatic rings. The number of carbonyl (C=O) groups excluding carboxylic acids is 3. The van der Waals surface area contributed by atoms with E-state index in [2.05, 4.69) is 5.32 Å². The maximum Gasteiger partial charge on any atom is 0.328 e. The van der Waals surface area contributed by atoms with Gasteiger partial charge in [0, 0.05) is 31.0 Å². The lowest BCUT2D eigenvalue weighted by atomic mass is 10.1. The van der Waals surface area contributed by atoms with Gasteiger partial charge in [0.2, 0.25) is 11.8 Å². The minimum absolute atomic E-state index is 0.0189. The molecule has 35 heavy (non-hydrogen) atoms. The SMILES string of the molecule is Cc1ccccc1COC(=O)[C@H](CC1CC1)NC(=O)C[C@@H]1CCC(=O)N1Cc1cccc(F)c1F. The van der Waals surface area contributed by atoms with Crippen LogP contribution in [0.25, 0.3) is 0 Å². The van der Waals surface area contributed by atoms with Gasteiger partial charge in [-0.1, -0.05) is 49.2 Å². The molecule has 0 radical (unpaired) electrons. The standard InChI is InChI=1S/C27H30F2N2O4/c1-17-5-2-3-6-20(17)16-35-27(34)23(13-18-9-10-18)30-24(32)14-21-11-12-25(33)31(21)15-19-7-4-8-22(28)26(19)29/h2-8,18,21,23H,9-16H2,1H3,(H,30,32)/t21-,23-/m0/s1. The first-order valence-corrected chi connectivity index (χ1v) is 12.0. The number of carbonyl (C=O) groups is 3. The molecule has 2 amide bonds. The molecule has 6 nitrogen and oxygen atoms in total. The van der Waals surface area contributed by atoms with Crippen LogP contribution in [0, 0.1) is 24.5 Å². The van der Waals surface area contributed by atoms with Crippen LogP contribution >= 0.6 is 0 Å². The molecule has 0 spiro atoms. The first kappa shape index (κ1) is 24.8. The molecule has 1 N–H and O–H groups in total. The Bertz CT molecular complexity index is 1100. The van der Waals surface area contributed by atoms with E-state index in [-0.39, 0.29) is 43.4 Å². The molecule has 0 aromatic heterocycles. The Kier molecular flexibility index (Phi) is 7.78. The van der Waals surface area contributed by atoms with E-state index in [1.54, 1.807) is 0 Å². The van der Waals surface area contributed by atoms with E-state index in [1.165, 1.54) is 17.0 Å². The lowest BCUT2D eigenvalue weighted by Crippen LogP contribution is -2.44. The van der Waals surface area contributed by atoms with E-state index >= 15 is 0 Å². The van der Waals surface area contributed by atoms with Crippen molar-refractivity contribution in [3.05, 3.63) is 70.8 Å². The molecule has 8 heteroatoms. The van der Waals surface area contributed by atoms with Gasteiger partial charge in [-0.25, -0.2) is 13.6 Å². The summed E-state index contributed by atoms with van der Waals surface area (Å²) in [5, 5.41) is 2.80. The van der Waals surface area contributed by atoms with Crippen LogP contribution in [-0.4, -0.2) is 34.8 Å². The Morgan fingerprint density at radius 1 is 1.09 bits per heavy atom. The first-order valence-electron chi connectivity index (χ1n) is 12.0. The normalized spacial score (nSPS) is 18.4. The van der Waals surface area contributed by atoms with Gasteiger partial charge in [-0.05, 0) is 42.9 Å². The third kappa shape index (κ3) is 6.44. The van der Waals surface area contributed by atoms with Gasteiger partial charge in [0.1, 0.15) is 12.6 Å². The summed E-state index contributed by atoms with van der Waals surface area (Å²) >= 11 is 0. The second-order valence-electron chi connectivity index (χ2n) is 9.46. The highest BCUT2D eigenvalue weighted by Crippen LogP contribution is 2.34. The number of hydrogen-bond acceptors (Lipinski definition) is 4. The Morgan fingerprint density at radius 2 is 1.83 bits per heavy atom. The fourth-order valence-corrected chi connectivity index (χ4v) is 4.47. The maximum atomic E-state index is 14.1. The van der Waals surface area contributed by atoms with E-state index in [4.69, 9.17) is 4.74 Å². The molecule has 2 aromatic carbocycles. The summed E-state index contributed by atoms with van der Waals surface area (Å²) in [5.74, 6) is -2.64. The smallest absolute Gasteiger partial charge is 0.328 e. The molecule has 1 aliphatic heterocycles. The van der Waals surface area contributed by atoms with Crippen molar-refractivity contribution < 1.29 is 27.9 Å². The largest absolute Gasteiger partial charge is 0.459 e. The number of hydrogen-bond donors (Lipinski definition) is 1. The van der Waals surface area contributed by atoms with Crippen LogP contribution in [0.15, 0.2) is 42.5 Å². The van der Waals surface area contributed by atoms with Gasteiger partial charge in [-0.2, -0.15) is 0 Å². The number of likely N-dealkylation sites (tertiary alicyclic amines) is 1. The van der Waals surface area contributed by atoms with Crippen LogP contribution in [0.5, 0.6) is 0 Å². The molecule has 2 atom stereocenters. The molecule has 0 bridgehead atoms. The molecule has 0 unspecified atom stereocenters. The van der Waals surface area contributed by atoms with E-state index in [0.717, 1.165) is 30.0 Å². The summed E-state index contributed by atoms with van der Waals surface area (Å²) in [6, 6.07) is 10.3.